The second kappa shape index (κ2) is 3.22. The van der Waals surface area contributed by atoms with Crippen LogP contribution in [0.1, 0.15) is 5.56 Å². The van der Waals surface area contributed by atoms with E-state index in [1.807, 2.05) is 29.1 Å². The monoisotopic (exact) mass is 263 g/mol. The van der Waals surface area contributed by atoms with Crippen molar-refractivity contribution in [1.82, 2.24) is 23.9 Å². The first-order valence-electron chi connectivity index (χ1n) is 6.49. The van der Waals surface area contributed by atoms with Crippen LogP contribution in [0.3, 0.4) is 0 Å². The van der Waals surface area contributed by atoms with Gasteiger partial charge in [-0.15, -0.1) is 0 Å². The second-order valence-corrected chi connectivity index (χ2v) is 5.05. The summed E-state index contributed by atoms with van der Waals surface area (Å²) in [5.41, 5.74) is 4.51. The Balaban J connectivity index is 1.98. The molecule has 0 N–H and O–H groups in total. The number of hydrogen-bond donors (Lipinski definition) is 0. The molecular formula is C14H11N6+. The molecule has 0 bridgehead atoms. The van der Waals surface area contributed by atoms with Crippen LogP contribution in [0.25, 0.3) is 28.5 Å². The van der Waals surface area contributed by atoms with Crippen LogP contribution in [-0.4, -0.2) is 23.9 Å². The van der Waals surface area contributed by atoms with Gasteiger partial charge in [-0.25, -0.2) is 14.1 Å². The van der Waals surface area contributed by atoms with Gasteiger partial charge < -0.3 is 0 Å². The van der Waals surface area contributed by atoms with Gasteiger partial charge in [0.15, 0.2) is 0 Å². The Bertz CT molecular complexity index is 994. The number of hydrogen-bond acceptors (Lipinski definition) is 3. The first kappa shape index (κ1) is 10.1. The molecule has 5 rings (SSSR count). The molecule has 0 spiro atoms. The molecule has 4 aromatic heterocycles. The lowest BCUT2D eigenvalue weighted by Crippen LogP contribution is -2.30. The van der Waals surface area contributed by atoms with E-state index < -0.39 is 0 Å². The molecule has 1 aliphatic rings. The predicted molar refractivity (Wildman–Crippen MR) is 72.0 cm³/mol. The summed E-state index contributed by atoms with van der Waals surface area (Å²) in [5, 5.41) is 0. The van der Waals surface area contributed by atoms with Crippen molar-refractivity contribution in [3.63, 3.8) is 0 Å². The number of pyridine rings is 1. The van der Waals surface area contributed by atoms with E-state index in [1.54, 1.807) is 6.20 Å². The van der Waals surface area contributed by atoms with Gasteiger partial charge in [0.05, 0.1) is 25.4 Å². The quantitative estimate of drug-likeness (QED) is 0.391. The molecule has 96 valence electrons. The first-order valence-corrected chi connectivity index (χ1v) is 6.49. The highest BCUT2D eigenvalue weighted by molar-refractivity contribution is 5.76. The minimum atomic E-state index is 0.734. The number of fused-ring (bicyclic) bond motifs is 7. The molecule has 0 aromatic carbocycles. The van der Waals surface area contributed by atoms with Gasteiger partial charge in [0, 0.05) is 24.2 Å². The third kappa shape index (κ3) is 1.01. The van der Waals surface area contributed by atoms with Crippen molar-refractivity contribution < 1.29 is 4.57 Å². The fourth-order valence-corrected chi connectivity index (χ4v) is 3.15. The van der Waals surface area contributed by atoms with E-state index in [4.69, 9.17) is 0 Å². The fourth-order valence-electron chi connectivity index (χ4n) is 3.15. The van der Waals surface area contributed by atoms with Crippen molar-refractivity contribution in [2.75, 3.05) is 0 Å². The molecule has 0 saturated carbocycles. The predicted octanol–water partition coefficient (Wildman–Crippen LogP) is 0.932. The number of aromatic nitrogens is 6. The van der Waals surface area contributed by atoms with Crippen LogP contribution in [0.15, 0.2) is 36.9 Å². The van der Waals surface area contributed by atoms with Crippen LogP contribution in [0.2, 0.25) is 0 Å². The lowest BCUT2D eigenvalue weighted by atomic mass is 10.2. The second-order valence-electron chi connectivity index (χ2n) is 5.05. The van der Waals surface area contributed by atoms with Gasteiger partial charge >= 0.3 is 0 Å². The highest BCUT2D eigenvalue weighted by Gasteiger charge is 2.33. The summed E-state index contributed by atoms with van der Waals surface area (Å²) in [7, 11) is 2.07. The van der Waals surface area contributed by atoms with E-state index in [0.717, 1.165) is 29.4 Å². The third-order valence-corrected chi connectivity index (χ3v) is 3.99. The summed E-state index contributed by atoms with van der Waals surface area (Å²) >= 11 is 0. The number of imidazole rings is 2. The highest BCUT2D eigenvalue weighted by atomic mass is 15.3. The van der Waals surface area contributed by atoms with Gasteiger partial charge in [0.1, 0.15) is 0 Å². The molecule has 0 aliphatic carbocycles. The molecule has 0 saturated heterocycles. The fraction of sp³-hybridized carbons (Fsp3) is 0.143. The normalized spacial score (nSPS) is 13.1. The van der Waals surface area contributed by atoms with E-state index in [0.29, 0.717) is 0 Å². The maximum absolute atomic E-state index is 4.66. The molecule has 6 nitrogen and oxygen atoms in total. The minimum absolute atomic E-state index is 0.734. The standard InChI is InChI=1S/C14H11N6/c1-18-12-10-7-15-5-3-9(10)8-20(12)11-13(18)19-6-2-4-16-14(19)17-11/h2-7H,8H2,1H3/q+1. The summed E-state index contributed by atoms with van der Waals surface area (Å²) in [6, 6.07) is 3.99. The van der Waals surface area contributed by atoms with Crippen molar-refractivity contribution in [2.24, 2.45) is 7.05 Å². The number of nitrogens with zero attached hydrogens (tertiary/aromatic N) is 6. The Kier molecular flexibility index (Phi) is 1.62. The summed E-state index contributed by atoms with van der Waals surface area (Å²) in [5.74, 6) is 1.89. The van der Waals surface area contributed by atoms with Gasteiger partial charge in [0.25, 0.3) is 17.1 Å². The van der Waals surface area contributed by atoms with E-state index in [2.05, 4.69) is 37.2 Å². The molecular weight excluding hydrogens is 252 g/mol. The van der Waals surface area contributed by atoms with Crippen LogP contribution in [0, 0.1) is 0 Å². The molecule has 0 unspecified atom stereocenters. The Morgan fingerprint density at radius 3 is 3.20 bits per heavy atom. The summed E-state index contributed by atoms with van der Waals surface area (Å²) in [4.78, 5) is 13.2. The van der Waals surface area contributed by atoms with Crippen LogP contribution >= 0.6 is 0 Å². The van der Waals surface area contributed by atoms with E-state index >= 15 is 0 Å². The summed E-state index contributed by atoms with van der Waals surface area (Å²) < 4.78 is 6.43. The largest absolute Gasteiger partial charge is 0.299 e. The smallest absolute Gasteiger partial charge is 0.264 e. The highest BCUT2D eigenvalue weighted by Crippen LogP contribution is 2.32. The maximum atomic E-state index is 4.66. The average molecular weight is 263 g/mol. The van der Waals surface area contributed by atoms with Gasteiger partial charge in [-0.3, -0.25) is 4.98 Å². The Morgan fingerprint density at radius 1 is 1.30 bits per heavy atom. The van der Waals surface area contributed by atoms with Crippen LogP contribution in [0.5, 0.6) is 0 Å². The SMILES string of the molecule is C[n+]1c2n(c3nc4ncccn4c31)Cc1ccncc1-2. The van der Waals surface area contributed by atoms with Gasteiger partial charge in [-0.1, -0.05) is 0 Å². The van der Waals surface area contributed by atoms with Gasteiger partial charge in [-0.2, -0.15) is 9.38 Å². The van der Waals surface area contributed by atoms with E-state index in [1.165, 1.54) is 11.1 Å². The summed E-state index contributed by atoms with van der Waals surface area (Å²) in [6.07, 6.45) is 7.54. The van der Waals surface area contributed by atoms with Crippen molar-refractivity contribution in [3.8, 4) is 11.4 Å². The molecule has 0 fully saturated rings. The zero-order valence-electron chi connectivity index (χ0n) is 10.9. The Labute approximate surface area is 114 Å². The minimum Gasteiger partial charge on any atom is -0.264 e. The Hall–Kier alpha value is -2.76. The molecule has 5 heterocycles. The van der Waals surface area contributed by atoms with E-state index in [9.17, 15) is 0 Å². The third-order valence-electron chi connectivity index (χ3n) is 3.99. The van der Waals surface area contributed by atoms with Gasteiger partial charge in [-0.05, 0) is 12.1 Å². The number of aryl methyl sites for hydroxylation is 1. The van der Waals surface area contributed by atoms with Crippen LogP contribution < -0.4 is 4.57 Å². The van der Waals surface area contributed by atoms with E-state index in [-0.39, 0.29) is 0 Å². The summed E-state index contributed by atoms with van der Waals surface area (Å²) in [6.45, 7) is 0.842. The zero-order chi connectivity index (χ0) is 13.3. The Morgan fingerprint density at radius 2 is 2.25 bits per heavy atom. The topological polar surface area (TPSA) is 51.9 Å². The zero-order valence-corrected chi connectivity index (χ0v) is 10.9. The number of rotatable bonds is 0. The molecule has 0 radical (unpaired) electrons. The molecule has 0 amide bonds. The molecule has 20 heavy (non-hydrogen) atoms. The van der Waals surface area contributed by atoms with Crippen molar-refractivity contribution in [2.45, 2.75) is 6.54 Å². The lowest BCUT2D eigenvalue weighted by Gasteiger charge is -1.96. The van der Waals surface area contributed by atoms with Crippen molar-refractivity contribution >= 4 is 17.1 Å². The average Bonchev–Trinajstić information content (AvgIpc) is 3.10. The van der Waals surface area contributed by atoms with Crippen LogP contribution in [0.4, 0.5) is 0 Å². The van der Waals surface area contributed by atoms with Crippen LogP contribution in [-0.2, 0) is 13.6 Å². The molecule has 1 aliphatic heterocycles. The van der Waals surface area contributed by atoms with Crippen molar-refractivity contribution in [3.05, 3.63) is 42.5 Å². The lowest BCUT2D eigenvalue weighted by molar-refractivity contribution is -0.636. The molecule has 4 aromatic rings. The maximum Gasteiger partial charge on any atom is 0.299 e. The first-order chi connectivity index (χ1) is 9.84. The molecule has 0 atom stereocenters. The van der Waals surface area contributed by atoms with Crippen molar-refractivity contribution in [1.29, 1.82) is 0 Å². The van der Waals surface area contributed by atoms with Gasteiger partial charge in [0.2, 0.25) is 5.82 Å². The molecule has 6 heteroatoms.